The summed E-state index contributed by atoms with van der Waals surface area (Å²) in [7, 11) is 0. The van der Waals surface area contributed by atoms with Crippen molar-refractivity contribution in [3.63, 3.8) is 0 Å². The monoisotopic (exact) mass is 332 g/mol. The number of hydrogen-bond donors (Lipinski definition) is 1. The number of aliphatic carboxylic acids is 1. The normalized spacial score (nSPS) is 28.3. The smallest absolute Gasteiger partial charge is 0.303 e. The average molecular weight is 332 g/mol. The zero-order chi connectivity index (χ0) is 16.8. The molecule has 4 nitrogen and oxygen atoms in total. The van der Waals surface area contributed by atoms with Crippen molar-refractivity contribution in [1.82, 2.24) is 0 Å². The molecule has 4 heteroatoms. The van der Waals surface area contributed by atoms with Crippen LogP contribution in [-0.2, 0) is 20.9 Å². The van der Waals surface area contributed by atoms with Gasteiger partial charge in [0.15, 0.2) is 0 Å². The van der Waals surface area contributed by atoms with Gasteiger partial charge in [0.25, 0.3) is 0 Å². The highest BCUT2D eigenvalue weighted by molar-refractivity contribution is 5.66. The highest BCUT2D eigenvalue weighted by atomic mass is 16.6. The number of carbonyl (C=O) groups is 1. The van der Waals surface area contributed by atoms with E-state index in [0.29, 0.717) is 25.0 Å². The molecule has 0 aromatic heterocycles. The summed E-state index contributed by atoms with van der Waals surface area (Å²) in [5.74, 6) is -0.183. The van der Waals surface area contributed by atoms with E-state index in [0.717, 1.165) is 38.5 Å². The van der Waals surface area contributed by atoms with E-state index in [9.17, 15) is 4.79 Å². The molecule has 0 amide bonds. The molecule has 132 valence electrons. The minimum atomic E-state index is -0.689. The molecular formula is C20H28O4. The maximum Gasteiger partial charge on any atom is 0.303 e. The van der Waals surface area contributed by atoms with Crippen LogP contribution in [0.2, 0.25) is 0 Å². The summed E-state index contributed by atoms with van der Waals surface area (Å²) >= 11 is 0. The fourth-order valence-electron chi connectivity index (χ4n) is 4.09. The largest absolute Gasteiger partial charge is 0.481 e. The Labute approximate surface area is 144 Å². The summed E-state index contributed by atoms with van der Waals surface area (Å²) in [4.78, 5) is 10.5. The van der Waals surface area contributed by atoms with Crippen molar-refractivity contribution in [2.75, 3.05) is 0 Å². The molecule has 1 N–H and O–H groups in total. The van der Waals surface area contributed by atoms with Gasteiger partial charge in [-0.25, -0.2) is 0 Å². The lowest BCUT2D eigenvalue weighted by Crippen LogP contribution is -2.34. The van der Waals surface area contributed by atoms with E-state index in [-0.39, 0.29) is 12.2 Å². The Bertz CT molecular complexity index is 516. The van der Waals surface area contributed by atoms with Crippen LogP contribution in [0.1, 0.15) is 56.9 Å². The minimum absolute atomic E-state index is 0.225. The highest BCUT2D eigenvalue weighted by Gasteiger charge is 2.49. The average Bonchev–Trinajstić information content (AvgIpc) is 3.18. The minimum Gasteiger partial charge on any atom is -0.481 e. The molecule has 1 aromatic carbocycles. The quantitative estimate of drug-likeness (QED) is 0.653. The second kappa shape index (κ2) is 8.63. The molecule has 24 heavy (non-hydrogen) atoms. The zero-order valence-electron chi connectivity index (χ0n) is 14.2. The van der Waals surface area contributed by atoms with Gasteiger partial charge in [0.1, 0.15) is 0 Å². The number of hydrogen-bond acceptors (Lipinski definition) is 3. The van der Waals surface area contributed by atoms with Gasteiger partial charge in [0, 0.05) is 12.3 Å². The summed E-state index contributed by atoms with van der Waals surface area (Å²) in [5, 5.41) is 8.67. The van der Waals surface area contributed by atoms with Crippen LogP contribution in [0.3, 0.4) is 0 Å². The Morgan fingerprint density at radius 1 is 1.08 bits per heavy atom. The number of fused-ring (bicyclic) bond motifs is 2. The lowest BCUT2D eigenvalue weighted by Gasteiger charge is -2.28. The molecule has 2 saturated heterocycles. The van der Waals surface area contributed by atoms with Crippen LogP contribution in [0.5, 0.6) is 0 Å². The first-order valence-corrected chi connectivity index (χ1v) is 9.27. The number of unbranched alkanes of at least 4 members (excludes halogenated alkanes) is 3. The van der Waals surface area contributed by atoms with E-state index in [1.807, 2.05) is 18.2 Å². The second-order valence-electron chi connectivity index (χ2n) is 7.06. The molecule has 0 unspecified atom stereocenters. The highest BCUT2D eigenvalue weighted by Crippen LogP contribution is 2.43. The van der Waals surface area contributed by atoms with Crippen LogP contribution in [0.4, 0.5) is 0 Å². The molecule has 0 saturated carbocycles. The number of carboxylic acids is 1. The first-order chi connectivity index (χ1) is 11.7. The SMILES string of the molecule is O=C(O)CCCCCC[C@H]1[C@@H](OCc2ccccc2)[C@H]2CC[C@@H]1O2. The number of benzene rings is 1. The number of rotatable bonds is 10. The third-order valence-electron chi connectivity index (χ3n) is 5.31. The van der Waals surface area contributed by atoms with E-state index >= 15 is 0 Å². The van der Waals surface area contributed by atoms with Crippen LogP contribution in [0.15, 0.2) is 30.3 Å². The van der Waals surface area contributed by atoms with E-state index in [2.05, 4.69) is 12.1 Å². The van der Waals surface area contributed by atoms with Crippen LogP contribution in [-0.4, -0.2) is 29.4 Å². The van der Waals surface area contributed by atoms with Gasteiger partial charge in [-0.1, -0.05) is 49.6 Å². The van der Waals surface area contributed by atoms with Crippen molar-refractivity contribution in [2.45, 2.75) is 76.3 Å². The molecule has 0 aliphatic carbocycles. The summed E-state index contributed by atoms with van der Waals surface area (Å²) in [6.07, 6.45) is 8.62. The van der Waals surface area contributed by atoms with Crippen LogP contribution >= 0.6 is 0 Å². The molecule has 4 atom stereocenters. The van der Waals surface area contributed by atoms with Crippen LogP contribution in [0.25, 0.3) is 0 Å². The summed E-state index contributed by atoms with van der Waals surface area (Å²) < 4.78 is 12.3. The summed E-state index contributed by atoms with van der Waals surface area (Å²) in [6.45, 7) is 0.660. The topological polar surface area (TPSA) is 55.8 Å². The maximum absolute atomic E-state index is 10.5. The van der Waals surface area contributed by atoms with Gasteiger partial charge in [0.05, 0.1) is 24.9 Å². The van der Waals surface area contributed by atoms with E-state index in [4.69, 9.17) is 14.6 Å². The Balaban J connectivity index is 1.42. The lowest BCUT2D eigenvalue weighted by molar-refractivity contribution is -0.137. The first-order valence-electron chi connectivity index (χ1n) is 9.27. The Kier molecular flexibility index (Phi) is 6.27. The third-order valence-corrected chi connectivity index (χ3v) is 5.31. The molecule has 2 bridgehead atoms. The molecule has 2 aliphatic heterocycles. The van der Waals surface area contributed by atoms with Crippen molar-refractivity contribution in [3.8, 4) is 0 Å². The molecule has 3 rings (SSSR count). The lowest BCUT2D eigenvalue weighted by atomic mass is 9.83. The van der Waals surface area contributed by atoms with Gasteiger partial charge in [-0.2, -0.15) is 0 Å². The zero-order valence-corrected chi connectivity index (χ0v) is 14.2. The molecule has 0 spiro atoms. The van der Waals surface area contributed by atoms with Gasteiger partial charge in [-0.3, -0.25) is 4.79 Å². The molecule has 0 radical (unpaired) electrons. The first kappa shape index (κ1) is 17.4. The van der Waals surface area contributed by atoms with Crippen molar-refractivity contribution in [1.29, 1.82) is 0 Å². The van der Waals surface area contributed by atoms with Crippen LogP contribution in [0, 0.1) is 5.92 Å². The summed E-state index contributed by atoms with van der Waals surface area (Å²) in [5.41, 5.74) is 1.22. The Morgan fingerprint density at radius 2 is 1.83 bits per heavy atom. The standard InChI is InChI=1S/C20H28O4/c21-19(22)11-7-2-1-6-10-16-17-12-13-18(24-17)20(16)23-14-15-8-4-3-5-9-15/h3-5,8-9,16-18,20H,1-2,6-7,10-14H2,(H,21,22)/t16-,17+,18-,20-/m1/s1. The third kappa shape index (κ3) is 4.58. The van der Waals surface area contributed by atoms with Gasteiger partial charge in [0.2, 0.25) is 0 Å². The van der Waals surface area contributed by atoms with Crippen molar-refractivity contribution < 1.29 is 19.4 Å². The molecular weight excluding hydrogens is 304 g/mol. The Hall–Kier alpha value is -1.39. The number of carboxylic acid groups (broad SMARTS) is 1. The molecule has 1 aromatic rings. The van der Waals surface area contributed by atoms with E-state index in [1.54, 1.807) is 0 Å². The molecule has 2 heterocycles. The molecule has 2 aliphatic rings. The van der Waals surface area contributed by atoms with E-state index < -0.39 is 5.97 Å². The van der Waals surface area contributed by atoms with Crippen molar-refractivity contribution >= 4 is 5.97 Å². The van der Waals surface area contributed by atoms with Gasteiger partial charge in [-0.05, 0) is 31.2 Å². The van der Waals surface area contributed by atoms with Gasteiger partial charge in [-0.15, -0.1) is 0 Å². The van der Waals surface area contributed by atoms with Crippen molar-refractivity contribution in [2.24, 2.45) is 5.92 Å². The second-order valence-corrected chi connectivity index (χ2v) is 7.06. The van der Waals surface area contributed by atoms with Crippen molar-refractivity contribution in [3.05, 3.63) is 35.9 Å². The van der Waals surface area contributed by atoms with E-state index in [1.165, 1.54) is 12.0 Å². The summed E-state index contributed by atoms with van der Waals surface area (Å²) in [6, 6.07) is 10.3. The number of ether oxygens (including phenoxy) is 2. The van der Waals surface area contributed by atoms with Gasteiger partial charge < -0.3 is 14.6 Å². The van der Waals surface area contributed by atoms with Crippen LogP contribution < -0.4 is 0 Å². The predicted octanol–water partition coefficient (Wildman–Crippen LogP) is 4.17. The Morgan fingerprint density at radius 3 is 2.62 bits per heavy atom. The fourth-order valence-corrected chi connectivity index (χ4v) is 4.09. The molecule has 2 fully saturated rings. The maximum atomic E-state index is 10.5. The fraction of sp³-hybridized carbons (Fsp3) is 0.650. The van der Waals surface area contributed by atoms with Gasteiger partial charge >= 0.3 is 5.97 Å². The predicted molar refractivity (Wildman–Crippen MR) is 91.7 cm³/mol.